The van der Waals surface area contributed by atoms with Gasteiger partial charge in [-0.1, -0.05) is 13.8 Å². The highest BCUT2D eigenvalue weighted by atomic mass is 32.2. The van der Waals surface area contributed by atoms with Gasteiger partial charge in [-0.2, -0.15) is 0 Å². The molecule has 5 atom stereocenters. The number of aliphatic hydroxyl groups excluding tert-OH is 1. The molecule has 0 aromatic heterocycles. The predicted molar refractivity (Wildman–Crippen MR) is 108 cm³/mol. The van der Waals surface area contributed by atoms with E-state index in [1.807, 2.05) is 0 Å². The third kappa shape index (κ3) is 3.08. The van der Waals surface area contributed by atoms with Crippen LogP contribution < -0.4 is 14.8 Å². The van der Waals surface area contributed by atoms with Crippen LogP contribution in [0.25, 0.3) is 0 Å². The molecule has 30 heavy (non-hydrogen) atoms. The molecule has 3 fully saturated rings. The summed E-state index contributed by atoms with van der Waals surface area (Å²) < 4.78 is 30.6. The highest BCUT2D eigenvalue weighted by Crippen LogP contribution is 2.67. The summed E-state index contributed by atoms with van der Waals surface area (Å²) in [5.74, 6) is -0.701. The molecule has 1 aromatic rings. The Kier molecular flexibility index (Phi) is 4.85. The van der Waals surface area contributed by atoms with Gasteiger partial charge in [-0.3, -0.25) is 4.79 Å². The van der Waals surface area contributed by atoms with Crippen LogP contribution in [0, 0.1) is 17.3 Å². The van der Waals surface area contributed by atoms with Gasteiger partial charge in [-0.05, 0) is 42.2 Å². The Morgan fingerprint density at radius 1 is 1.27 bits per heavy atom. The SMILES string of the molecule is CC1(C)[C@@H]2C[C@H]1[C@@]1(O)[C@@H](C2)Oc2c(ccc(O)c2C(=O)NCCNS(C)(=O)=O)[C@@H]1O. The molecule has 1 amide bonds. The summed E-state index contributed by atoms with van der Waals surface area (Å²) in [6, 6.07) is 2.75. The van der Waals surface area contributed by atoms with Gasteiger partial charge >= 0.3 is 0 Å². The molecule has 0 spiro atoms. The van der Waals surface area contributed by atoms with E-state index < -0.39 is 33.7 Å². The van der Waals surface area contributed by atoms with E-state index in [9.17, 15) is 28.5 Å². The van der Waals surface area contributed by atoms with Gasteiger partial charge in [0, 0.05) is 18.7 Å². The summed E-state index contributed by atoms with van der Waals surface area (Å²) in [7, 11) is -3.38. The number of fused-ring (bicyclic) bond motifs is 1. The molecule has 1 aromatic carbocycles. The smallest absolute Gasteiger partial charge is 0.258 e. The molecule has 166 valence electrons. The first kappa shape index (κ1) is 21.4. The van der Waals surface area contributed by atoms with Gasteiger partial charge in [0.2, 0.25) is 10.0 Å². The van der Waals surface area contributed by atoms with Crippen LogP contribution in [0.5, 0.6) is 11.5 Å². The lowest BCUT2D eigenvalue weighted by molar-refractivity contribution is -0.289. The number of sulfonamides is 1. The first-order chi connectivity index (χ1) is 13.9. The predicted octanol–water partition coefficient (Wildman–Crippen LogP) is 0.263. The minimum Gasteiger partial charge on any atom is -0.507 e. The second-order valence-electron chi connectivity index (χ2n) is 9.24. The van der Waals surface area contributed by atoms with Crippen molar-refractivity contribution < 1.29 is 33.3 Å². The second kappa shape index (κ2) is 6.81. The standard InChI is InChI=1S/C20H28N2O7S/c1-19(2)10-8-13(19)20(26)14(9-10)29-16-11(17(20)24)4-5-12(23)15(16)18(25)21-6-7-22-30(3,27)28/h4-5,10,13-14,17,22-24,26H,6-9H2,1-3H3,(H,21,25)/t10-,13-,14-,17+,20-/m1/s1. The van der Waals surface area contributed by atoms with Crippen molar-refractivity contribution >= 4 is 15.9 Å². The molecule has 1 heterocycles. The van der Waals surface area contributed by atoms with Gasteiger partial charge in [0.15, 0.2) is 0 Å². The molecule has 5 rings (SSSR count). The molecule has 0 unspecified atom stereocenters. The Balaban J connectivity index is 1.62. The fraction of sp³-hybridized carbons (Fsp3) is 0.650. The number of hydrogen-bond acceptors (Lipinski definition) is 7. The maximum atomic E-state index is 12.7. The fourth-order valence-electron chi connectivity index (χ4n) is 5.42. The number of benzene rings is 1. The third-order valence-corrected chi connectivity index (χ3v) is 7.93. The van der Waals surface area contributed by atoms with Crippen LogP contribution in [0.1, 0.15) is 48.7 Å². The highest BCUT2D eigenvalue weighted by molar-refractivity contribution is 7.88. The van der Waals surface area contributed by atoms with Gasteiger partial charge < -0.3 is 25.4 Å². The van der Waals surface area contributed by atoms with E-state index in [2.05, 4.69) is 23.9 Å². The lowest BCUT2D eigenvalue weighted by atomic mass is 9.42. The van der Waals surface area contributed by atoms with Crippen molar-refractivity contribution in [3.63, 3.8) is 0 Å². The van der Waals surface area contributed by atoms with Crippen LogP contribution in [0.15, 0.2) is 12.1 Å². The minimum absolute atomic E-state index is 0.00324. The van der Waals surface area contributed by atoms with Crippen molar-refractivity contribution in [2.24, 2.45) is 17.3 Å². The highest BCUT2D eigenvalue weighted by Gasteiger charge is 2.69. The number of aliphatic hydroxyl groups is 2. The second-order valence-corrected chi connectivity index (χ2v) is 11.1. The minimum atomic E-state index is -3.38. The number of hydrogen-bond donors (Lipinski definition) is 5. The monoisotopic (exact) mass is 440 g/mol. The average molecular weight is 441 g/mol. The van der Waals surface area contributed by atoms with E-state index in [1.165, 1.54) is 12.1 Å². The van der Waals surface area contributed by atoms with Crippen LogP contribution in [-0.4, -0.2) is 60.7 Å². The topological polar surface area (TPSA) is 145 Å². The zero-order valence-electron chi connectivity index (χ0n) is 17.2. The van der Waals surface area contributed by atoms with E-state index in [-0.39, 0.29) is 47.0 Å². The third-order valence-electron chi connectivity index (χ3n) is 7.20. The number of phenols is 1. The van der Waals surface area contributed by atoms with Gasteiger partial charge in [0.25, 0.3) is 5.91 Å². The Morgan fingerprint density at radius 2 is 1.97 bits per heavy atom. The van der Waals surface area contributed by atoms with Crippen molar-refractivity contribution in [2.75, 3.05) is 19.3 Å². The fourth-order valence-corrected chi connectivity index (χ4v) is 5.90. The summed E-state index contributed by atoms with van der Waals surface area (Å²) in [6.07, 6.45) is 0.438. The Hall–Kier alpha value is -1.88. The van der Waals surface area contributed by atoms with Crippen molar-refractivity contribution in [2.45, 2.75) is 44.5 Å². The molecule has 0 radical (unpaired) electrons. The number of aromatic hydroxyl groups is 1. The molecular formula is C20H28N2O7S. The number of nitrogens with one attached hydrogen (secondary N) is 2. The van der Waals surface area contributed by atoms with E-state index in [4.69, 9.17) is 4.74 Å². The van der Waals surface area contributed by atoms with Crippen LogP contribution in [0.3, 0.4) is 0 Å². The molecule has 9 nitrogen and oxygen atoms in total. The summed E-state index contributed by atoms with van der Waals surface area (Å²) >= 11 is 0. The lowest BCUT2D eigenvalue weighted by Gasteiger charge is -2.67. The van der Waals surface area contributed by atoms with E-state index in [1.54, 1.807) is 0 Å². The zero-order valence-corrected chi connectivity index (χ0v) is 18.0. The number of phenolic OH excluding ortho intramolecular Hbond substituents is 1. The Labute approximate surface area is 175 Å². The number of rotatable bonds is 5. The Bertz CT molecular complexity index is 993. The molecule has 5 N–H and O–H groups in total. The summed E-state index contributed by atoms with van der Waals surface area (Å²) in [6.45, 7) is 4.17. The summed E-state index contributed by atoms with van der Waals surface area (Å²) in [4.78, 5) is 12.7. The van der Waals surface area contributed by atoms with Crippen LogP contribution >= 0.6 is 0 Å². The van der Waals surface area contributed by atoms with Crippen LogP contribution in [-0.2, 0) is 10.0 Å². The van der Waals surface area contributed by atoms with Crippen LogP contribution in [0.2, 0.25) is 0 Å². The van der Waals surface area contributed by atoms with Crippen molar-refractivity contribution in [3.8, 4) is 11.5 Å². The van der Waals surface area contributed by atoms with Crippen molar-refractivity contribution in [1.82, 2.24) is 10.0 Å². The lowest BCUT2D eigenvalue weighted by Crippen LogP contribution is -2.72. The summed E-state index contributed by atoms with van der Waals surface area (Å²) in [5.41, 5.74) is -1.45. The molecule has 1 aliphatic heterocycles. The molecule has 3 aliphatic carbocycles. The van der Waals surface area contributed by atoms with E-state index in [0.29, 0.717) is 12.3 Å². The maximum absolute atomic E-state index is 12.7. The van der Waals surface area contributed by atoms with Gasteiger partial charge in [0.05, 0.1) is 6.26 Å². The van der Waals surface area contributed by atoms with E-state index in [0.717, 1.165) is 12.7 Å². The molecule has 3 saturated carbocycles. The van der Waals surface area contributed by atoms with Crippen LogP contribution in [0.4, 0.5) is 0 Å². The molecule has 0 saturated heterocycles. The maximum Gasteiger partial charge on any atom is 0.258 e. The molecule has 2 bridgehead atoms. The zero-order chi connectivity index (χ0) is 22.1. The number of carbonyl (C=O) groups is 1. The van der Waals surface area contributed by atoms with Gasteiger partial charge in [0.1, 0.15) is 34.9 Å². The molecular weight excluding hydrogens is 412 g/mol. The molecule has 4 aliphatic rings. The number of amides is 1. The van der Waals surface area contributed by atoms with Crippen molar-refractivity contribution in [1.29, 1.82) is 0 Å². The molecule has 10 heteroatoms. The van der Waals surface area contributed by atoms with Crippen molar-refractivity contribution in [3.05, 3.63) is 23.3 Å². The normalized spacial score (nSPS) is 33.5. The summed E-state index contributed by atoms with van der Waals surface area (Å²) in [5, 5.41) is 35.5. The van der Waals surface area contributed by atoms with Gasteiger partial charge in [-0.25, -0.2) is 13.1 Å². The first-order valence-corrected chi connectivity index (χ1v) is 11.9. The van der Waals surface area contributed by atoms with Gasteiger partial charge in [-0.15, -0.1) is 0 Å². The Morgan fingerprint density at radius 3 is 2.60 bits per heavy atom. The quantitative estimate of drug-likeness (QED) is 0.413. The van der Waals surface area contributed by atoms with E-state index >= 15 is 0 Å². The largest absolute Gasteiger partial charge is 0.507 e. The number of carbonyl (C=O) groups excluding carboxylic acids is 1. The average Bonchev–Trinajstić information content (AvgIpc) is 2.64. The number of ether oxygens (including phenoxy) is 1. The first-order valence-electron chi connectivity index (χ1n) is 10.0.